The van der Waals surface area contributed by atoms with E-state index in [0.717, 1.165) is 17.1 Å². The third-order valence-electron chi connectivity index (χ3n) is 2.88. The summed E-state index contributed by atoms with van der Waals surface area (Å²) in [6, 6.07) is 29.1. The number of nitrogens with zero attached hydrogens (tertiary/aromatic N) is 2. The standard InChI is InChI=1S/C14H12N2.C6H7N.C2H2O2/c1-3-7-13(8-4-1)15-11-12-16-14-9-5-2-6-10-14;7-6-4-2-1-3-5-6;3-1-2-4/h1-12H;1-5H,7H2;1-2H. The summed E-state index contributed by atoms with van der Waals surface area (Å²) in [7, 11) is 0. The molecule has 0 aliphatic heterocycles. The molecular weight excluding hydrogens is 338 g/mol. The van der Waals surface area contributed by atoms with Crippen molar-refractivity contribution in [2.45, 2.75) is 0 Å². The van der Waals surface area contributed by atoms with Crippen molar-refractivity contribution in [1.82, 2.24) is 0 Å². The molecule has 0 atom stereocenters. The van der Waals surface area contributed by atoms with E-state index in [9.17, 15) is 0 Å². The van der Waals surface area contributed by atoms with Crippen LogP contribution in [0.25, 0.3) is 0 Å². The fraction of sp³-hybridized carbons (Fsp3) is 0. The Morgan fingerprint density at radius 2 is 0.889 bits per heavy atom. The number of nitrogen functional groups attached to an aromatic ring is 1. The molecule has 0 radical (unpaired) electrons. The van der Waals surface area contributed by atoms with Crippen molar-refractivity contribution >= 4 is 42.1 Å². The molecule has 0 amide bonds. The predicted octanol–water partition coefficient (Wildman–Crippen LogP) is 4.44. The van der Waals surface area contributed by atoms with E-state index in [-0.39, 0.29) is 12.6 Å². The summed E-state index contributed by atoms with van der Waals surface area (Å²) in [6.07, 6.45) is 3.78. The number of hydrogen-bond donors (Lipinski definition) is 1. The monoisotopic (exact) mass is 359 g/mol. The maximum absolute atomic E-state index is 8.81. The molecule has 0 heterocycles. The van der Waals surface area contributed by atoms with Crippen LogP contribution >= 0.6 is 0 Å². The molecule has 136 valence electrons. The van der Waals surface area contributed by atoms with Crippen LogP contribution in [-0.2, 0) is 9.59 Å². The summed E-state index contributed by atoms with van der Waals surface area (Å²) >= 11 is 0. The lowest BCUT2D eigenvalue weighted by Crippen LogP contribution is -1.79. The van der Waals surface area contributed by atoms with Gasteiger partial charge in [-0.2, -0.15) is 0 Å². The molecule has 2 N–H and O–H groups in total. The number of carbonyl (C=O) groups excluding carboxylic acids is 2. The van der Waals surface area contributed by atoms with Gasteiger partial charge in [-0.25, -0.2) is 0 Å². The van der Waals surface area contributed by atoms with Gasteiger partial charge < -0.3 is 5.73 Å². The molecule has 0 unspecified atom stereocenters. The highest BCUT2D eigenvalue weighted by Gasteiger charge is 1.83. The molecule has 0 saturated heterocycles. The number of hydrogen-bond acceptors (Lipinski definition) is 5. The second-order valence-corrected chi connectivity index (χ2v) is 4.91. The third kappa shape index (κ3) is 11.3. The van der Waals surface area contributed by atoms with Crippen molar-refractivity contribution in [3.63, 3.8) is 0 Å². The summed E-state index contributed by atoms with van der Waals surface area (Å²) in [5.74, 6) is 0. The van der Waals surface area contributed by atoms with E-state index in [2.05, 4.69) is 9.98 Å². The SMILES string of the molecule is C(C=Nc1ccccc1)=Nc1ccccc1.Nc1ccccc1.O=CC=O. The van der Waals surface area contributed by atoms with Crippen molar-refractivity contribution < 1.29 is 9.59 Å². The molecule has 5 nitrogen and oxygen atoms in total. The molecule has 3 aromatic carbocycles. The van der Waals surface area contributed by atoms with Crippen molar-refractivity contribution in [3.8, 4) is 0 Å². The summed E-state index contributed by atoms with van der Waals surface area (Å²) in [5, 5.41) is 0. The highest BCUT2D eigenvalue weighted by Crippen LogP contribution is 2.09. The minimum absolute atomic E-state index is 0.194. The zero-order valence-corrected chi connectivity index (χ0v) is 14.8. The lowest BCUT2D eigenvalue weighted by atomic mass is 10.3. The maximum Gasteiger partial charge on any atom is 0.182 e. The summed E-state index contributed by atoms with van der Waals surface area (Å²) in [4.78, 5) is 26.1. The predicted molar refractivity (Wildman–Crippen MR) is 112 cm³/mol. The molecule has 0 aliphatic carbocycles. The van der Waals surface area contributed by atoms with Crippen LogP contribution in [0.2, 0.25) is 0 Å². The third-order valence-corrected chi connectivity index (χ3v) is 2.88. The number of aldehydes is 2. The summed E-state index contributed by atoms with van der Waals surface area (Å²) in [5.41, 5.74) is 8.04. The number of nitrogens with two attached hydrogens (primary N) is 1. The zero-order valence-electron chi connectivity index (χ0n) is 14.8. The fourth-order valence-corrected chi connectivity index (χ4v) is 1.72. The first kappa shape index (κ1) is 21.2. The normalized spacial score (nSPS) is 9.63. The average Bonchev–Trinajstić information content (AvgIpc) is 2.74. The Morgan fingerprint density at radius 3 is 1.15 bits per heavy atom. The Morgan fingerprint density at radius 1 is 0.556 bits per heavy atom. The topological polar surface area (TPSA) is 84.9 Å². The fourth-order valence-electron chi connectivity index (χ4n) is 1.72. The van der Waals surface area contributed by atoms with E-state index in [0.29, 0.717) is 0 Å². The van der Waals surface area contributed by atoms with Gasteiger partial charge in [-0.15, -0.1) is 0 Å². The molecule has 0 saturated carbocycles. The van der Waals surface area contributed by atoms with Crippen LogP contribution < -0.4 is 5.73 Å². The van der Waals surface area contributed by atoms with Gasteiger partial charge in [0.1, 0.15) is 0 Å². The average molecular weight is 359 g/mol. The number of carbonyl (C=O) groups is 2. The molecule has 27 heavy (non-hydrogen) atoms. The van der Waals surface area contributed by atoms with Gasteiger partial charge in [0.2, 0.25) is 0 Å². The molecule has 0 bridgehead atoms. The highest BCUT2D eigenvalue weighted by atomic mass is 16.2. The Kier molecular flexibility index (Phi) is 11.4. The van der Waals surface area contributed by atoms with Gasteiger partial charge in [0.15, 0.2) is 12.6 Å². The molecule has 3 aromatic rings. The Bertz CT molecular complexity index is 764. The highest BCUT2D eigenvalue weighted by molar-refractivity contribution is 6.17. The largest absolute Gasteiger partial charge is 0.399 e. The van der Waals surface area contributed by atoms with Crippen LogP contribution in [0, 0.1) is 0 Å². The van der Waals surface area contributed by atoms with Crippen LogP contribution in [0.1, 0.15) is 0 Å². The molecule has 5 heteroatoms. The first-order chi connectivity index (χ1) is 13.3. The van der Waals surface area contributed by atoms with Crippen LogP contribution in [-0.4, -0.2) is 25.0 Å². The van der Waals surface area contributed by atoms with Crippen LogP contribution in [0.3, 0.4) is 0 Å². The van der Waals surface area contributed by atoms with Crippen molar-refractivity contribution in [2.75, 3.05) is 5.73 Å². The first-order valence-corrected chi connectivity index (χ1v) is 8.12. The first-order valence-electron chi connectivity index (χ1n) is 8.12. The van der Waals surface area contributed by atoms with Gasteiger partial charge in [0.25, 0.3) is 0 Å². The van der Waals surface area contributed by atoms with E-state index < -0.39 is 0 Å². The Hall–Kier alpha value is -3.86. The van der Waals surface area contributed by atoms with Gasteiger partial charge in [0, 0.05) is 18.1 Å². The minimum atomic E-state index is 0.194. The number of anilines is 1. The van der Waals surface area contributed by atoms with Crippen molar-refractivity contribution in [2.24, 2.45) is 9.98 Å². The Balaban J connectivity index is 0.000000273. The van der Waals surface area contributed by atoms with E-state index in [4.69, 9.17) is 15.3 Å². The maximum atomic E-state index is 8.81. The minimum Gasteiger partial charge on any atom is -0.399 e. The number of benzene rings is 3. The Labute approximate surface area is 158 Å². The lowest BCUT2D eigenvalue weighted by Gasteiger charge is -1.90. The number of para-hydroxylation sites is 3. The van der Waals surface area contributed by atoms with Gasteiger partial charge in [-0.05, 0) is 36.4 Å². The van der Waals surface area contributed by atoms with Crippen molar-refractivity contribution in [3.05, 3.63) is 91.0 Å². The summed E-state index contributed by atoms with van der Waals surface area (Å²) < 4.78 is 0. The zero-order chi connectivity index (χ0) is 19.6. The van der Waals surface area contributed by atoms with E-state index in [1.54, 1.807) is 12.4 Å². The van der Waals surface area contributed by atoms with Gasteiger partial charge in [-0.3, -0.25) is 19.6 Å². The number of rotatable bonds is 4. The lowest BCUT2D eigenvalue weighted by molar-refractivity contribution is -0.122. The summed E-state index contributed by atoms with van der Waals surface area (Å²) in [6.45, 7) is 0. The second-order valence-electron chi connectivity index (χ2n) is 4.91. The van der Waals surface area contributed by atoms with E-state index in [1.165, 1.54) is 0 Å². The second kappa shape index (κ2) is 14.5. The van der Waals surface area contributed by atoms with Gasteiger partial charge in [0.05, 0.1) is 11.4 Å². The van der Waals surface area contributed by atoms with Gasteiger partial charge in [-0.1, -0.05) is 54.6 Å². The molecule has 0 aromatic heterocycles. The van der Waals surface area contributed by atoms with Crippen LogP contribution in [0.4, 0.5) is 17.1 Å². The molecule has 0 spiro atoms. The van der Waals surface area contributed by atoms with Gasteiger partial charge >= 0.3 is 0 Å². The van der Waals surface area contributed by atoms with E-state index >= 15 is 0 Å². The smallest absolute Gasteiger partial charge is 0.182 e. The molecular formula is C22H21N3O2. The van der Waals surface area contributed by atoms with Crippen molar-refractivity contribution in [1.29, 1.82) is 0 Å². The van der Waals surface area contributed by atoms with Crippen LogP contribution in [0.15, 0.2) is 101 Å². The molecule has 3 rings (SSSR count). The van der Waals surface area contributed by atoms with E-state index in [1.807, 2.05) is 91.0 Å². The molecule has 0 aliphatic rings. The number of aliphatic imine (C=N–C) groups is 2. The van der Waals surface area contributed by atoms with Crippen LogP contribution in [0.5, 0.6) is 0 Å². The molecule has 0 fully saturated rings. The quantitative estimate of drug-likeness (QED) is 0.323.